The molecule has 1 unspecified atom stereocenters. The van der Waals surface area contributed by atoms with E-state index < -0.39 is 11.9 Å². The van der Waals surface area contributed by atoms with E-state index in [-0.39, 0.29) is 0 Å². The molecule has 104 valence electrons. The Morgan fingerprint density at radius 2 is 2.20 bits per heavy atom. The summed E-state index contributed by atoms with van der Waals surface area (Å²) in [4.78, 5) is 15.7. The number of rotatable bonds is 4. The first-order valence-corrected chi connectivity index (χ1v) is 7.24. The molecule has 0 amide bonds. The highest BCUT2D eigenvalue weighted by Crippen LogP contribution is 2.24. The van der Waals surface area contributed by atoms with Crippen LogP contribution in [0.15, 0.2) is 41.0 Å². The van der Waals surface area contributed by atoms with Crippen LogP contribution in [0, 0.1) is 6.92 Å². The minimum absolute atomic E-state index is 0.365. The summed E-state index contributed by atoms with van der Waals surface area (Å²) in [6, 6.07) is 9.03. The van der Waals surface area contributed by atoms with Crippen molar-refractivity contribution in [3.63, 3.8) is 0 Å². The number of hydrogen-bond donors (Lipinski definition) is 1. The van der Waals surface area contributed by atoms with E-state index in [1.165, 1.54) is 0 Å². The van der Waals surface area contributed by atoms with Gasteiger partial charge in [-0.2, -0.15) is 0 Å². The molecule has 3 nitrogen and oxygen atoms in total. The monoisotopic (exact) mass is 353 g/mol. The van der Waals surface area contributed by atoms with Gasteiger partial charge >= 0.3 is 5.97 Å². The van der Waals surface area contributed by atoms with Crippen LogP contribution in [0.2, 0.25) is 5.02 Å². The predicted molar refractivity (Wildman–Crippen MR) is 82.2 cm³/mol. The Hall–Kier alpha value is -1.39. The average molecular weight is 355 g/mol. The first-order chi connectivity index (χ1) is 9.47. The van der Waals surface area contributed by atoms with E-state index >= 15 is 0 Å². The highest BCUT2D eigenvalue weighted by molar-refractivity contribution is 9.10. The van der Waals surface area contributed by atoms with Crippen molar-refractivity contribution in [2.24, 2.45) is 0 Å². The van der Waals surface area contributed by atoms with Crippen LogP contribution in [0.1, 0.15) is 22.7 Å². The Morgan fingerprint density at radius 1 is 1.45 bits per heavy atom. The number of aromatic nitrogens is 1. The molecule has 0 aliphatic heterocycles. The average Bonchev–Trinajstić information content (AvgIpc) is 2.39. The third-order valence-electron chi connectivity index (χ3n) is 3.05. The quantitative estimate of drug-likeness (QED) is 0.894. The van der Waals surface area contributed by atoms with E-state index in [0.717, 1.165) is 15.6 Å². The van der Waals surface area contributed by atoms with Gasteiger partial charge in [0.05, 0.1) is 5.69 Å². The van der Waals surface area contributed by atoms with Gasteiger partial charge in [0.1, 0.15) is 5.92 Å². The number of halogens is 2. The number of carboxylic acid groups (broad SMARTS) is 1. The number of hydrogen-bond acceptors (Lipinski definition) is 2. The van der Waals surface area contributed by atoms with Gasteiger partial charge in [-0.15, -0.1) is 0 Å². The molecule has 0 spiro atoms. The lowest BCUT2D eigenvalue weighted by molar-refractivity contribution is -0.138. The first-order valence-electron chi connectivity index (χ1n) is 6.06. The van der Waals surface area contributed by atoms with Crippen molar-refractivity contribution in [3.05, 3.63) is 62.8 Å². The van der Waals surface area contributed by atoms with Crippen molar-refractivity contribution in [1.29, 1.82) is 0 Å². The van der Waals surface area contributed by atoms with E-state index in [1.54, 1.807) is 24.4 Å². The topological polar surface area (TPSA) is 50.2 Å². The van der Waals surface area contributed by atoms with Gasteiger partial charge in [0.15, 0.2) is 0 Å². The molecule has 2 rings (SSSR count). The van der Waals surface area contributed by atoms with Crippen molar-refractivity contribution >= 4 is 33.5 Å². The van der Waals surface area contributed by atoms with Crippen molar-refractivity contribution in [2.45, 2.75) is 19.3 Å². The largest absolute Gasteiger partial charge is 0.481 e. The summed E-state index contributed by atoms with van der Waals surface area (Å²) in [5.41, 5.74) is 2.40. The fraction of sp³-hybridized carbons (Fsp3) is 0.200. The SMILES string of the molecule is Cc1cc(C(Cc2cccc(Cl)c2)C(=O)O)ncc1Br. The van der Waals surface area contributed by atoms with Gasteiger partial charge in [-0.05, 0) is 58.6 Å². The number of aryl methyl sites for hydroxylation is 1. The third-order valence-corrected chi connectivity index (χ3v) is 4.12. The minimum atomic E-state index is -0.890. The van der Waals surface area contributed by atoms with Crippen LogP contribution in [-0.4, -0.2) is 16.1 Å². The Balaban J connectivity index is 2.32. The predicted octanol–water partition coefficient (Wildman–Crippen LogP) is 4.22. The maximum Gasteiger partial charge on any atom is 0.312 e. The molecule has 0 radical (unpaired) electrons. The number of nitrogens with zero attached hydrogens (tertiary/aromatic N) is 1. The molecular formula is C15H13BrClNO2. The maximum absolute atomic E-state index is 11.5. The van der Waals surface area contributed by atoms with Gasteiger partial charge in [0, 0.05) is 15.7 Å². The lowest BCUT2D eigenvalue weighted by Gasteiger charge is -2.13. The number of carboxylic acids is 1. The molecule has 0 saturated carbocycles. The molecule has 0 aliphatic rings. The lowest BCUT2D eigenvalue weighted by atomic mass is 9.95. The first kappa shape index (κ1) is 15.0. The molecule has 1 aromatic carbocycles. The molecular weight excluding hydrogens is 342 g/mol. The number of carbonyl (C=O) groups is 1. The van der Waals surface area contributed by atoms with Crippen molar-refractivity contribution in [1.82, 2.24) is 4.98 Å². The smallest absolute Gasteiger partial charge is 0.312 e. The summed E-state index contributed by atoms with van der Waals surface area (Å²) in [5, 5.41) is 10.0. The van der Waals surface area contributed by atoms with Gasteiger partial charge in [-0.25, -0.2) is 0 Å². The molecule has 0 aliphatic carbocycles. The zero-order chi connectivity index (χ0) is 14.7. The molecule has 20 heavy (non-hydrogen) atoms. The van der Waals surface area contributed by atoms with Crippen LogP contribution in [0.3, 0.4) is 0 Å². The summed E-state index contributed by atoms with van der Waals surface area (Å²) >= 11 is 9.30. The van der Waals surface area contributed by atoms with E-state index in [2.05, 4.69) is 20.9 Å². The molecule has 1 heterocycles. The Kier molecular flexibility index (Phi) is 4.78. The molecule has 0 bridgehead atoms. The minimum Gasteiger partial charge on any atom is -0.481 e. The standard InChI is InChI=1S/C15H13BrClNO2/c1-9-5-14(18-8-13(9)16)12(15(19)20)7-10-3-2-4-11(17)6-10/h2-6,8,12H,7H2,1H3,(H,19,20). The summed E-state index contributed by atoms with van der Waals surface area (Å²) in [7, 11) is 0. The lowest BCUT2D eigenvalue weighted by Crippen LogP contribution is -2.16. The van der Waals surface area contributed by atoms with E-state index in [4.69, 9.17) is 11.6 Å². The highest BCUT2D eigenvalue weighted by atomic mass is 79.9. The van der Waals surface area contributed by atoms with Crippen LogP contribution in [-0.2, 0) is 11.2 Å². The van der Waals surface area contributed by atoms with Gasteiger partial charge < -0.3 is 5.11 Å². The van der Waals surface area contributed by atoms with Crippen LogP contribution in [0.5, 0.6) is 0 Å². The van der Waals surface area contributed by atoms with E-state index in [9.17, 15) is 9.90 Å². The summed E-state index contributed by atoms with van der Waals surface area (Å²) in [5.74, 6) is -1.57. The van der Waals surface area contributed by atoms with Crippen molar-refractivity contribution in [3.8, 4) is 0 Å². The third kappa shape index (κ3) is 3.58. The number of pyridine rings is 1. The fourth-order valence-electron chi connectivity index (χ4n) is 1.97. The van der Waals surface area contributed by atoms with Crippen LogP contribution < -0.4 is 0 Å². The zero-order valence-corrected chi connectivity index (χ0v) is 13.1. The van der Waals surface area contributed by atoms with Crippen LogP contribution in [0.25, 0.3) is 0 Å². The second-order valence-corrected chi connectivity index (χ2v) is 5.87. The van der Waals surface area contributed by atoms with Gasteiger partial charge in [0.2, 0.25) is 0 Å². The van der Waals surface area contributed by atoms with Crippen molar-refractivity contribution in [2.75, 3.05) is 0 Å². The Bertz CT molecular complexity index is 646. The normalized spacial score (nSPS) is 12.2. The second-order valence-electron chi connectivity index (χ2n) is 4.58. The number of aliphatic carboxylic acids is 1. The number of benzene rings is 1. The van der Waals surface area contributed by atoms with Gasteiger partial charge in [-0.1, -0.05) is 23.7 Å². The van der Waals surface area contributed by atoms with E-state index in [0.29, 0.717) is 17.1 Å². The zero-order valence-electron chi connectivity index (χ0n) is 10.8. The summed E-state index contributed by atoms with van der Waals surface area (Å²) in [6.07, 6.45) is 2.00. The maximum atomic E-state index is 11.5. The van der Waals surface area contributed by atoms with Gasteiger partial charge in [0.25, 0.3) is 0 Å². The summed E-state index contributed by atoms with van der Waals surface area (Å²) in [6.45, 7) is 1.91. The summed E-state index contributed by atoms with van der Waals surface area (Å²) < 4.78 is 0.869. The molecule has 2 aromatic rings. The molecule has 5 heteroatoms. The molecule has 0 fully saturated rings. The molecule has 1 aromatic heterocycles. The van der Waals surface area contributed by atoms with Crippen molar-refractivity contribution < 1.29 is 9.90 Å². The van der Waals surface area contributed by atoms with Gasteiger partial charge in [-0.3, -0.25) is 9.78 Å². The molecule has 1 N–H and O–H groups in total. The molecule has 1 atom stereocenters. The van der Waals surface area contributed by atoms with Crippen LogP contribution >= 0.6 is 27.5 Å². The Morgan fingerprint density at radius 3 is 2.80 bits per heavy atom. The van der Waals surface area contributed by atoms with E-state index in [1.807, 2.05) is 19.1 Å². The second kappa shape index (κ2) is 6.37. The fourth-order valence-corrected chi connectivity index (χ4v) is 2.40. The van der Waals surface area contributed by atoms with Crippen LogP contribution in [0.4, 0.5) is 0 Å². The highest BCUT2D eigenvalue weighted by Gasteiger charge is 2.22. The Labute approximate surface area is 130 Å². The molecule has 0 saturated heterocycles.